The molecule has 1 amide bonds. The van der Waals surface area contributed by atoms with Gasteiger partial charge in [0.1, 0.15) is 18.1 Å². The molecule has 1 heterocycles. The number of ether oxygens (including phenoxy) is 1. The maximum Gasteiger partial charge on any atom is 0.325 e. The fourth-order valence-electron chi connectivity index (χ4n) is 1.84. The van der Waals surface area contributed by atoms with Gasteiger partial charge in [0.15, 0.2) is 0 Å². The molecule has 21 heavy (non-hydrogen) atoms. The summed E-state index contributed by atoms with van der Waals surface area (Å²) >= 11 is 0. The lowest BCUT2D eigenvalue weighted by Gasteiger charge is -2.20. The SMILES string of the molecule is COC(=O)CN(Cc1ccccc1)C(=O)c1cc(N)n[nH]1. The first kappa shape index (κ1) is 14.6. The number of esters is 1. The summed E-state index contributed by atoms with van der Waals surface area (Å²) in [7, 11) is 1.28. The van der Waals surface area contributed by atoms with Gasteiger partial charge in [-0.3, -0.25) is 14.7 Å². The molecule has 7 nitrogen and oxygen atoms in total. The number of nitrogen functional groups attached to an aromatic ring is 1. The van der Waals surface area contributed by atoms with Crippen molar-refractivity contribution in [2.75, 3.05) is 19.4 Å². The van der Waals surface area contributed by atoms with Gasteiger partial charge in [0, 0.05) is 12.6 Å². The molecule has 2 rings (SSSR count). The smallest absolute Gasteiger partial charge is 0.325 e. The van der Waals surface area contributed by atoms with Crippen LogP contribution in [0.4, 0.5) is 5.82 Å². The number of nitrogens with two attached hydrogens (primary N) is 1. The Morgan fingerprint density at radius 3 is 2.62 bits per heavy atom. The Bertz CT molecular complexity index is 624. The molecular weight excluding hydrogens is 272 g/mol. The van der Waals surface area contributed by atoms with Crippen LogP contribution in [0.15, 0.2) is 36.4 Å². The fourth-order valence-corrected chi connectivity index (χ4v) is 1.84. The predicted octanol–water partition coefficient (Wildman–Crippen LogP) is 0.807. The van der Waals surface area contributed by atoms with E-state index in [2.05, 4.69) is 14.9 Å². The van der Waals surface area contributed by atoms with E-state index in [0.717, 1.165) is 5.56 Å². The van der Waals surface area contributed by atoms with Crippen molar-refractivity contribution < 1.29 is 14.3 Å². The van der Waals surface area contributed by atoms with Gasteiger partial charge in [-0.05, 0) is 5.56 Å². The topological polar surface area (TPSA) is 101 Å². The highest BCUT2D eigenvalue weighted by Gasteiger charge is 2.21. The average molecular weight is 288 g/mol. The summed E-state index contributed by atoms with van der Waals surface area (Å²) in [6.45, 7) is 0.136. The van der Waals surface area contributed by atoms with Gasteiger partial charge in [-0.25, -0.2) is 0 Å². The lowest BCUT2D eigenvalue weighted by atomic mass is 10.2. The van der Waals surface area contributed by atoms with E-state index in [1.807, 2.05) is 30.3 Å². The predicted molar refractivity (Wildman–Crippen MR) is 76.2 cm³/mol. The maximum atomic E-state index is 12.4. The summed E-state index contributed by atoms with van der Waals surface area (Å²) in [5.41, 5.74) is 6.63. The molecule has 0 aliphatic heterocycles. The molecule has 0 spiro atoms. The molecule has 2 aromatic rings. The maximum absolute atomic E-state index is 12.4. The Hall–Kier alpha value is -2.83. The standard InChI is InChI=1S/C14H16N4O3/c1-21-13(19)9-18(8-10-5-3-2-4-6-10)14(20)11-7-12(15)17-16-11/h2-7H,8-9H2,1H3,(H3,15,16,17). The second kappa shape index (κ2) is 6.56. The number of nitrogens with one attached hydrogen (secondary N) is 1. The van der Waals surface area contributed by atoms with Crippen LogP contribution in [0.1, 0.15) is 16.1 Å². The Morgan fingerprint density at radius 1 is 1.33 bits per heavy atom. The molecule has 0 saturated heterocycles. The molecule has 0 saturated carbocycles. The van der Waals surface area contributed by atoms with E-state index < -0.39 is 5.97 Å². The van der Waals surface area contributed by atoms with Crippen LogP contribution < -0.4 is 5.73 Å². The van der Waals surface area contributed by atoms with Gasteiger partial charge in [-0.15, -0.1) is 0 Å². The first-order valence-electron chi connectivity index (χ1n) is 6.31. The van der Waals surface area contributed by atoms with Crippen molar-refractivity contribution in [1.82, 2.24) is 15.1 Å². The third kappa shape index (κ3) is 3.82. The number of aromatic nitrogens is 2. The van der Waals surface area contributed by atoms with Crippen LogP contribution in [-0.4, -0.2) is 40.6 Å². The Kier molecular flexibility index (Phi) is 4.55. The minimum absolute atomic E-state index is 0.150. The first-order chi connectivity index (χ1) is 10.1. The van der Waals surface area contributed by atoms with E-state index >= 15 is 0 Å². The number of carbonyl (C=O) groups is 2. The number of aromatic amines is 1. The van der Waals surface area contributed by atoms with Crippen molar-refractivity contribution in [3.05, 3.63) is 47.7 Å². The van der Waals surface area contributed by atoms with E-state index in [1.165, 1.54) is 18.1 Å². The lowest BCUT2D eigenvalue weighted by Crippen LogP contribution is -2.36. The van der Waals surface area contributed by atoms with Crippen LogP contribution in [0.25, 0.3) is 0 Å². The molecule has 0 unspecified atom stereocenters. The van der Waals surface area contributed by atoms with Crippen LogP contribution in [0, 0.1) is 0 Å². The molecule has 0 radical (unpaired) electrons. The van der Waals surface area contributed by atoms with Gasteiger partial charge in [0.25, 0.3) is 5.91 Å². The summed E-state index contributed by atoms with van der Waals surface area (Å²) < 4.78 is 4.63. The molecule has 0 aliphatic carbocycles. The highest BCUT2D eigenvalue weighted by molar-refractivity contribution is 5.94. The molecule has 0 fully saturated rings. The lowest BCUT2D eigenvalue weighted by molar-refractivity contribution is -0.141. The van der Waals surface area contributed by atoms with Crippen molar-refractivity contribution in [1.29, 1.82) is 0 Å². The van der Waals surface area contributed by atoms with E-state index in [0.29, 0.717) is 0 Å². The number of amides is 1. The molecule has 110 valence electrons. The third-order valence-corrected chi connectivity index (χ3v) is 2.88. The van der Waals surface area contributed by atoms with Crippen molar-refractivity contribution >= 4 is 17.7 Å². The monoisotopic (exact) mass is 288 g/mol. The second-order valence-electron chi connectivity index (χ2n) is 4.43. The van der Waals surface area contributed by atoms with Gasteiger partial charge >= 0.3 is 5.97 Å². The zero-order valence-electron chi connectivity index (χ0n) is 11.6. The molecule has 7 heteroatoms. The van der Waals surface area contributed by atoms with Gasteiger partial charge in [-0.1, -0.05) is 30.3 Å². The third-order valence-electron chi connectivity index (χ3n) is 2.88. The number of methoxy groups -OCH3 is 1. The number of anilines is 1. The molecule has 0 atom stereocenters. The molecule has 1 aromatic heterocycles. The second-order valence-corrected chi connectivity index (χ2v) is 4.43. The van der Waals surface area contributed by atoms with Gasteiger partial charge in [0.05, 0.1) is 7.11 Å². The minimum Gasteiger partial charge on any atom is -0.468 e. The highest BCUT2D eigenvalue weighted by Crippen LogP contribution is 2.10. The summed E-state index contributed by atoms with van der Waals surface area (Å²) in [5.74, 6) is -0.642. The minimum atomic E-state index is -0.494. The number of H-pyrrole nitrogens is 1. The quantitative estimate of drug-likeness (QED) is 0.793. The summed E-state index contributed by atoms with van der Waals surface area (Å²) in [6, 6.07) is 10.8. The van der Waals surface area contributed by atoms with E-state index in [4.69, 9.17) is 5.73 Å². The van der Waals surface area contributed by atoms with Crippen molar-refractivity contribution in [3.63, 3.8) is 0 Å². The Labute approximate surface area is 121 Å². The van der Waals surface area contributed by atoms with E-state index in [9.17, 15) is 9.59 Å². The number of nitrogens with zero attached hydrogens (tertiary/aromatic N) is 2. The zero-order valence-corrected chi connectivity index (χ0v) is 11.6. The van der Waals surface area contributed by atoms with E-state index in [1.54, 1.807) is 0 Å². The van der Waals surface area contributed by atoms with Crippen molar-refractivity contribution in [2.24, 2.45) is 0 Å². The molecule has 1 aromatic carbocycles. The van der Waals surface area contributed by atoms with Crippen LogP contribution in [0.3, 0.4) is 0 Å². The molecule has 0 bridgehead atoms. The van der Waals surface area contributed by atoms with Gasteiger partial charge < -0.3 is 15.4 Å². The Balaban J connectivity index is 2.19. The fraction of sp³-hybridized carbons (Fsp3) is 0.214. The Morgan fingerprint density at radius 2 is 2.05 bits per heavy atom. The van der Waals surface area contributed by atoms with Gasteiger partial charge in [-0.2, -0.15) is 5.10 Å². The summed E-state index contributed by atoms with van der Waals surface area (Å²) in [4.78, 5) is 25.3. The van der Waals surface area contributed by atoms with Crippen LogP contribution in [0.5, 0.6) is 0 Å². The number of carbonyl (C=O) groups excluding carboxylic acids is 2. The zero-order chi connectivity index (χ0) is 15.2. The normalized spacial score (nSPS) is 10.1. The van der Waals surface area contributed by atoms with E-state index in [-0.39, 0.29) is 30.5 Å². The first-order valence-corrected chi connectivity index (χ1v) is 6.31. The highest BCUT2D eigenvalue weighted by atomic mass is 16.5. The summed E-state index contributed by atoms with van der Waals surface area (Å²) in [5, 5.41) is 6.26. The van der Waals surface area contributed by atoms with Crippen LogP contribution in [-0.2, 0) is 16.1 Å². The number of hydrogen-bond donors (Lipinski definition) is 2. The molecule has 0 aliphatic rings. The number of hydrogen-bond acceptors (Lipinski definition) is 5. The van der Waals surface area contributed by atoms with Crippen molar-refractivity contribution in [3.8, 4) is 0 Å². The average Bonchev–Trinajstić information content (AvgIpc) is 2.93. The molecule has 3 N–H and O–H groups in total. The summed E-state index contributed by atoms with van der Waals surface area (Å²) in [6.07, 6.45) is 0. The van der Waals surface area contributed by atoms with Gasteiger partial charge in [0.2, 0.25) is 0 Å². The largest absolute Gasteiger partial charge is 0.468 e. The number of benzene rings is 1. The number of rotatable bonds is 5. The van der Waals surface area contributed by atoms with Crippen molar-refractivity contribution in [2.45, 2.75) is 6.54 Å². The van der Waals surface area contributed by atoms with Crippen LogP contribution in [0.2, 0.25) is 0 Å². The van der Waals surface area contributed by atoms with Crippen LogP contribution >= 0.6 is 0 Å². The molecular formula is C14H16N4O3.